The van der Waals surface area contributed by atoms with Crippen LogP contribution < -0.4 is 5.32 Å². The number of rotatable bonds is 4. The molecule has 2 saturated carbocycles. The molecule has 0 aromatic rings. The highest BCUT2D eigenvalue weighted by molar-refractivity contribution is 5.85. The Morgan fingerprint density at radius 1 is 1.17 bits per heavy atom. The smallest absolute Gasteiger partial charge is 0.226 e. The zero-order valence-electron chi connectivity index (χ0n) is 11.2. The first-order valence-corrected chi connectivity index (χ1v) is 7.25. The van der Waals surface area contributed by atoms with Gasteiger partial charge in [-0.3, -0.25) is 4.79 Å². The van der Waals surface area contributed by atoms with Crippen LogP contribution in [0.25, 0.3) is 0 Å². The van der Waals surface area contributed by atoms with E-state index in [1.807, 2.05) is 0 Å². The molecule has 0 radical (unpaired) electrons. The van der Waals surface area contributed by atoms with Gasteiger partial charge in [-0.05, 0) is 56.9 Å². The van der Waals surface area contributed by atoms with Gasteiger partial charge >= 0.3 is 0 Å². The summed E-state index contributed by atoms with van der Waals surface area (Å²) in [5.41, 5.74) is 0. The Hall–Kier alpha value is -0.280. The van der Waals surface area contributed by atoms with E-state index < -0.39 is 0 Å². The largest absolute Gasteiger partial charge is 0.342 e. The fourth-order valence-corrected chi connectivity index (χ4v) is 3.39. The van der Waals surface area contributed by atoms with Crippen molar-refractivity contribution in [1.82, 2.24) is 10.2 Å². The van der Waals surface area contributed by atoms with Gasteiger partial charge in [-0.1, -0.05) is 0 Å². The van der Waals surface area contributed by atoms with Gasteiger partial charge in [0.05, 0.1) is 5.92 Å². The van der Waals surface area contributed by atoms with Crippen molar-refractivity contribution in [2.24, 2.45) is 17.8 Å². The van der Waals surface area contributed by atoms with Gasteiger partial charge in [-0.25, -0.2) is 0 Å². The van der Waals surface area contributed by atoms with E-state index in [1.54, 1.807) is 0 Å². The van der Waals surface area contributed by atoms with Crippen molar-refractivity contribution in [2.45, 2.75) is 44.6 Å². The highest BCUT2D eigenvalue weighted by atomic mass is 35.5. The zero-order valence-corrected chi connectivity index (χ0v) is 12.0. The summed E-state index contributed by atoms with van der Waals surface area (Å²) in [6.45, 7) is 1.98. The van der Waals surface area contributed by atoms with Gasteiger partial charge in [-0.2, -0.15) is 0 Å². The first kappa shape index (κ1) is 14.1. The van der Waals surface area contributed by atoms with Gasteiger partial charge in [0, 0.05) is 19.6 Å². The minimum Gasteiger partial charge on any atom is -0.342 e. The summed E-state index contributed by atoms with van der Waals surface area (Å²) in [6, 6.07) is 0.574. The second-order valence-corrected chi connectivity index (χ2v) is 6.16. The van der Waals surface area contributed by atoms with E-state index in [0.717, 1.165) is 37.8 Å². The van der Waals surface area contributed by atoms with Crippen LogP contribution in [0.3, 0.4) is 0 Å². The first-order valence-electron chi connectivity index (χ1n) is 7.25. The van der Waals surface area contributed by atoms with Gasteiger partial charge in [0.15, 0.2) is 0 Å². The predicted molar refractivity (Wildman–Crippen MR) is 74.8 cm³/mol. The van der Waals surface area contributed by atoms with Gasteiger partial charge < -0.3 is 10.2 Å². The van der Waals surface area contributed by atoms with Crippen molar-refractivity contribution in [2.75, 3.05) is 20.1 Å². The van der Waals surface area contributed by atoms with Gasteiger partial charge in [0.25, 0.3) is 0 Å². The summed E-state index contributed by atoms with van der Waals surface area (Å²) in [5.74, 6) is 2.30. The summed E-state index contributed by atoms with van der Waals surface area (Å²) < 4.78 is 0. The number of carbonyl (C=O) groups is 1. The predicted octanol–water partition coefficient (Wildman–Crippen LogP) is 2.05. The van der Waals surface area contributed by atoms with Crippen molar-refractivity contribution in [3.05, 3.63) is 0 Å². The van der Waals surface area contributed by atoms with E-state index in [2.05, 4.69) is 17.3 Å². The quantitative estimate of drug-likeness (QED) is 0.850. The molecule has 1 unspecified atom stereocenters. The van der Waals surface area contributed by atoms with Crippen LogP contribution in [-0.4, -0.2) is 37.0 Å². The number of carbonyl (C=O) groups excluding carboxylic acids is 1. The molecule has 0 aromatic carbocycles. The molecule has 1 heterocycles. The van der Waals surface area contributed by atoms with Gasteiger partial charge in [0.2, 0.25) is 5.91 Å². The van der Waals surface area contributed by atoms with Crippen molar-refractivity contribution in [3.8, 4) is 0 Å². The number of piperidine rings is 1. The lowest BCUT2D eigenvalue weighted by Crippen LogP contribution is -2.47. The minimum atomic E-state index is 0. The van der Waals surface area contributed by atoms with Crippen molar-refractivity contribution in [1.29, 1.82) is 0 Å². The monoisotopic (exact) mass is 272 g/mol. The average molecular weight is 273 g/mol. The Balaban J connectivity index is 0.00000120. The molecular weight excluding hydrogens is 248 g/mol. The number of halogens is 1. The SMILES string of the molecule is CN(C(=O)C1CCCNC1)C(C1CC1)C1CC1.Cl. The van der Waals surface area contributed by atoms with E-state index in [9.17, 15) is 4.79 Å². The molecule has 0 spiro atoms. The van der Waals surface area contributed by atoms with Crippen LogP contribution in [0.5, 0.6) is 0 Å². The lowest BCUT2D eigenvalue weighted by molar-refractivity contribution is -0.137. The molecule has 1 amide bonds. The Labute approximate surface area is 116 Å². The lowest BCUT2D eigenvalue weighted by atomic mass is 9.96. The molecular formula is C14H25ClN2O. The molecule has 1 aliphatic heterocycles. The van der Waals surface area contributed by atoms with E-state index in [4.69, 9.17) is 0 Å². The molecule has 2 aliphatic carbocycles. The maximum Gasteiger partial charge on any atom is 0.226 e. The Kier molecular flexibility index (Phi) is 4.54. The number of nitrogens with zero attached hydrogens (tertiary/aromatic N) is 1. The van der Waals surface area contributed by atoms with Gasteiger partial charge in [-0.15, -0.1) is 12.4 Å². The summed E-state index contributed by atoms with van der Waals surface area (Å²) in [5, 5.41) is 3.35. The second-order valence-electron chi connectivity index (χ2n) is 6.16. The molecule has 3 nitrogen and oxygen atoms in total. The van der Waals surface area contributed by atoms with E-state index in [-0.39, 0.29) is 18.3 Å². The fraction of sp³-hybridized carbons (Fsp3) is 0.929. The van der Waals surface area contributed by atoms with E-state index in [0.29, 0.717) is 11.9 Å². The Bertz CT molecular complexity index is 284. The van der Waals surface area contributed by atoms with Crippen LogP contribution in [0, 0.1) is 17.8 Å². The molecule has 1 saturated heterocycles. The summed E-state index contributed by atoms with van der Waals surface area (Å²) in [6.07, 6.45) is 7.63. The summed E-state index contributed by atoms with van der Waals surface area (Å²) >= 11 is 0. The molecule has 3 aliphatic rings. The molecule has 3 fully saturated rings. The molecule has 1 atom stereocenters. The summed E-state index contributed by atoms with van der Waals surface area (Å²) in [4.78, 5) is 14.6. The van der Waals surface area contributed by atoms with Crippen LogP contribution in [0.4, 0.5) is 0 Å². The third-order valence-electron chi connectivity index (χ3n) is 4.65. The Morgan fingerprint density at radius 2 is 1.78 bits per heavy atom. The molecule has 4 heteroatoms. The zero-order chi connectivity index (χ0) is 11.8. The number of hydrogen-bond donors (Lipinski definition) is 1. The normalized spacial score (nSPS) is 27.8. The van der Waals surface area contributed by atoms with E-state index >= 15 is 0 Å². The number of hydrogen-bond acceptors (Lipinski definition) is 2. The highest BCUT2D eigenvalue weighted by Gasteiger charge is 2.45. The maximum absolute atomic E-state index is 12.5. The van der Waals surface area contributed by atoms with Crippen LogP contribution in [-0.2, 0) is 4.79 Å². The first-order chi connectivity index (χ1) is 8.27. The standard InChI is InChI=1S/C14H24N2O.ClH/c1-16(13(10-4-5-10)11-6-7-11)14(17)12-3-2-8-15-9-12;/h10-13,15H,2-9H2,1H3;1H. The van der Waals surface area contributed by atoms with Crippen molar-refractivity contribution < 1.29 is 4.79 Å². The topological polar surface area (TPSA) is 32.3 Å². The van der Waals surface area contributed by atoms with Crippen LogP contribution in [0.15, 0.2) is 0 Å². The minimum absolute atomic E-state index is 0. The molecule has 0 bridgehead atoms. The second kappa shape index (κ2) is 5.79. The lowest BCUT2D eigenvalue weighted by Gasteiger charge is -2.33. The van der Waals surface area contributed by atoms with E-state index in [1.165, 1.54) is 25.7 Å². The Morgan fingerprint density at radius 3 is 2.22 bits per heavy atom. The molecule has 18 heavy (non-hydrogen) atoms. The van der Waals surface area contributed by atoms with Crippen molar-refractivity contribution >= 4 is 18.3 Å². The molecule has 3 rings (SSSR count). The van der Waals surface area contributed by atoms with Crippen LogP contribution in [0.2, 0.25) is 0 Å². The average Bonchev–Trinajstić information content (AvgIpc) is 3.23. The van der Waals surface area contributed by atoms with Gasteiger partial charge in [0.1, 0.15) is 0 Å². The highest BCUT2D eigenvalue weighted by Crippen LogP contribution is 2.47. The van der Waals surface area contributed by atoms with Crippen molar-refractivity contribution in [3.63, 3.8) is 0 Å². The number of amides is 1. The third-order valence-corrected chi connectivity index (χ3v) is 4.65. The summed E-state index contributed by atoms with van der Waals surface area (Å²) in [7, 11) is 2.05. The van der Waals surface area contributed by atoms with Crippen LogP contribution >= 0.6 is 12.4 Å². The molecule has 104 valence electrons. The van der Waals surface area contributed by atoms with Crippen LogP contribution in [0.1, 0.15) is 38.5 Å². The molecule has 1 N–H and O–H groups in total. The fourth-order valence-electron chi connectivity index (χ4n) is 3.39. The molecule has 0 aromatic heterocycles. The third kappa shape index (κ3) is 3.00. The number of nitrogens with one attached hydrogen (secondary N) is 1. The maximum atomic E-state index is 12.5.